The molecule has 0 amide bonds. The summed E-state index contributed by atoms with van der Waals surface area (Å²) in [6.07, 6.45) is 6.91. The Labute approximate surface area is 78.1 Å². The summed E-state index contributed by atoms with van der Waals surface area (Å²) in [4.78, 5) is 10.3. The van der Waals surface area contributed by atoms with Crippen molar-refractivity contribution in [3.63, 3.8) is 0 Å². The lowest BCUT2D eigenvalue weighted by atomic mass is 10.1. The summed E-state index contributed by atoms with van der Waals surface area (Å²) in [7, 11) is 0. The Bertz CT molecular complexity index is 294. The molecular weight excluding hydrogens is 162 g/mol. The quantitative estimate of drug-likeness (QED) is 0.653. The standard InChI is InChI=1S/C10H13N3/c1-9-4-2-3-7-13(9)10-5-6-11-8-12-10/h5-6,8H,1-4,7H2. The fraction of sp³-hybridized carbons (Fsp3) is 0.400. The molecule has 0 atom stereocenters. The molecule has 0 saturated carbocycles. The molecule has 13 heavy (non-hydrogen) atoms. The highest BCUT2D eigenvalue weighted by Gasteiger charge is 2.14. The van der Waals surface area contributed by atoms with E-state index in [1.807, 2.05) is 6.07 Å². The van der Waals surface area contributed by atoms with Gasteiger partial charge in [-0.2, -0.15) is 0 Å². The van der Waals surface area contributed by atoms with Gasteiger partial charge in [-0.15, -0.1) is 0 Å². The maximum Gasteiger partial charge on any atom is 0.136 e. The number of allylic oxidation sites excluding steroid dienone is 1. The Hall–Kier alpha value is -1.38. The number of hydrogen-bond donors (Lipinski definition) is 0. The first kappa shape index (κ1) is 8.23. The molecule has 2 rings (SSSR count). The highest BCUT2D eigenvalue weighted by molar-refractivity contribution is 5.44. The van der Waals surface area contributed by atoms with E-state index in [0.29, 0.717) is 0 Å². The summed E-state index contributed by atoms with van der Waals surface area (Å²) in [5, 5.41) is 0. The molecule has 0 aliphatic carbocycles. The Morgan fingerprint density at radius 3 is 3.00 bits per heavy atom. The third kappa shape index (κ3) is 1.69. The third-order valence-corrected chi connectivity index (χ3v) is 2.32. The molecule has 1 fully saturated rings. The molecule has 1 aromatic heterocycles. The van der Waals surface area contributed by atoms with Crippen molar-refractivity contribution in [3.05, 3.63) is 30.9 Å². The van der Waals surface area contributed by atoms with Crippen molar-refractivity contribution in [2.24, 2.45) is 0 Å². The second-order valence-corrected chi connectivity index (χ2v) is 3.24. The minimum Gasteiger partial charge on any atom is -0.331 e. The molecule has 0 N–H and O–H groups in total. The second kappa shape index (κ2) is 3.56. The first-order valence-electron chi connectivity index (χ1n) is 4.59. The van der Waals surface area contributed by atoms with Crippen molar-refractivity contribution < 1.29 is 0 Å². The predicted molar refractivity (Wildman–Crippen MR) is 52.4 cm³/mol. The lowest BCUT2D eigenvalue weighted by Gasteiger charge is -2.29. The summed E-state index contributed by atoms with van der Waals surface area (Å²) in [6.45, 7) is 5.08. The van der Waals surface area contributed by atoms with Crippen LogP contribution in [0.25, 0.3) is 0 Å². The zero-order valence-corrected chi connectivity index (χ0v) is 7.61. The van der Waals surface area contributed by atoms with E-state index in [1.165, 1.54) is 18.5 Å². The van der Waals surface area contributed by atoms with Crippen LogP contribution in [-0.4, -0.2) is 16.5 Å². The summed E-state index contributed by atoms with van der Waals surface area (Å²) >= 11 is 0. The van der Waals surface area contributed by atoms with Crippen LogP contribution in [0.3, 0.4) is 0 Å². The van der Waals surface area contributed by atoms with Gasteiger partial charge in [0.2, 0.25) is 0 Å². The normalized spacial score (nSPS) is 17.5. The van der Waals surface area contributed by atoms with Gasteiger partial charge < -0.3 is 4.90 Å². The predicted octanol–water partition coefficient (Wildman–Crippen LogP) is 1.98. The van der Waals surface area contributed by atoms with Crippen LogP contribution in [0.15, 0.2) is 30.9 Å². The summed E-state index contributed by atoms with van der Waals surface area (Å²) in [5.74, 6) is 0.972. The highest BCUT2D eigenvalue weighted by Crippen LogP contribution is 2.23. The van der Waals surface area contributed by atoms with Crippen molar-refractivity contribution in [1.29, 1.82) is 0 Å². The van der Waals surface area contributed by atoms with Crippen LogP contribution in [-0.2, 0) is 0 Å². The smallest absolute Gasteiger partial charge is 0.136 e. The van der Waals surface area contributed by atoms with Crippen molar-refractivity contribution in [3.8, 4) is 0 Å². The van der Waals surface area contributed by atoms with Crippen LogP contribution in [0.1, 0.15) is 19.3 Å². The highest BCUT2D eigenvalue weighted by atomic mass is 15.2. The molecule has 1 aromatic rings. The minimum atomic E-state index is 0.972. The van der Waals surface area contributed by atoms with Crippen LogP contribution < -0.4 is 4.90 Å². The van der Waals surface area contributed by atoms with Gasteiger partial charge in [-0.3, -0.25) is 0 Å². The van der Waals surface area contributed by atoms with Gasteiger partial charge in [-0.1, -0.05) is 6.58 Å². The van der Waals surface area contributed by atoms with Gasteiger partial charge in [0.05, 0.1) is 0 Å². The van der Waals surface area contributed by atoms with E-state index in [1.54, 1.807) is 12.5 Å². The number of anilines is 1. The van der Waals surface area contributed by atoms with E-state index in [4.69, 9.17) is 0 Å². The SMILES string of the molecule is C=C1CCCCN1c1ccncn1. The van der Waals surface area contributed by atoms with Crippen molar-refractivity contribution in [2.75, 3.05) is 11.4 Å². The van der Waals surface area contributed by atoms with Gasteiger partial charge in [0, 0.05) is 18.4 Å². The Kier molecular flexibility index (Phi) is 2.25. The maximum absolute atomic E-state index is 4.21. The fourth-order valence-electron chi connectivity index (χ4n) is 1.61. The lowest BCUT2D eigenvalue weighted by Crippen LogP contribution is -2.27. The van der Waals surface area contributed by atoms with E-state index in [2.05, 4.69) is 21.4 Å². The van der Waals surface area contributed by atoms with E-state index in [9.17, 15) is 0 Å². The van der Waals surface area contributed by atoms with Gasteiger partial charge >= 0.3 is 0 Å². The molecular formula is C10H13N3. The average Bonchev–Trinajstić information content (AvgIpc) is 2.20. The Balaban J connectivity index is 2.20. The maximum atomic E-state index is 4.21. The van der Waals surface area contributed by atoms with Crippen molar-refractivity contribution >= 4 is 5.82 Å². The monoisotopic (exact) mass is 175 g/mol. The van der Waals surface area contributed by atoms with E-state index in [-0.39, 0.29) is 0 Å². The average molecular weight is 175 g/mol. The number of nitrogens with zero attached hydrogens (tertiary/aromatic N) is 3. The zero-order chi connectivity index (χ0) is 9.10. The minimum absolute atomic E-state index is 0.972. The molecule has 0 aromatic carbocycles. The topological polar surface area (TPSA) is 29.0 Å². The number of hydrogen-bond acceptors (Lipinski definition) is 3. The molecule has 1 aliphatic heterocycles. The van der Waals surface area contributed by atoms with Gasteiger partial charge in [-0.05, 0) is 25.3 Å². The van der Waals surface area contributed by atoms with Gasteiger partial charge in [0.1, 0.15) is 12.1 Å². The molecule has 0 unspecified atom stereocenters. The number of piperidine rings is 1. The van der Waals surface area contributed by atoms with Crippen LogP contribution in [0.5, 0.6) is 0 Å². The summed E-state index contributed by atoms with van der Waals surface area (Å²) in [5.41, 5.74) is 1.17. The Morgan fingerprint density at radius 2 is 2.31 bits per heavy atom. The van der Waals surface area contributed by atoms with Gasteiger partial charge in [0.15, 0.2) is 0 Å². The second-order valence-electron chi connectivity index (χ2n) is 3.24. The van der Waals surface area contributed by atoms with Crippen LogP contribution in [0.2, 0.25) is 0 Å². The summed E-state index contributed by atoms with van der Waals surface area (Å²) in [6, 6.07) is 1.93. The third-order valence-electron chi connectivity index (χ3n) is 2.32. The molecule has 0 bridgehead atoms. The molecule has 3 nitrogen and oxygen atoms in total. The molecule has 3 heteroatoms. The number of aromatic nitrogens is 2. The first-order chi connectivity index (χ1) is 6.38. The van der Waals surface area contributed by atoms with Crippen LogP contribution in [0, 0.1) is 0 Å². The zero-order valence-electron chi connectivity index (χ0n) is 7.61. The molecule has 2 heterocycles. The molecule has 1 saturated heterocycles. The van der Waals surface area contributed by atoms with Crippen LogP contribution in [0.4, 0.5) is 5.82 Å². The van der Waals surface area contributed by atoms with Crippen molar-refractivity contribution in [1.82, 2.24) is 9.97 Å². The fourth-order valence-corrected chi connectivity index (χ4v) is 1.61. The summed E-state index contributed by atoms with van der Waals surface area (Å²) < 4.78 is 0. The number of rotatable bonds is 1. The van der Waals surface area contributed by atoms with E-state index >= 15 is 0 Å². The lowest BCUT2D eigenvalue weighted by molar-refractivity contribution is 0.636. The van der Waals surface area contributed by atoms with Crippen LogP contribution >= 0.6 is 0 Å². The first-order valence-corrected chi connectivity index (χ1v) is 4.59. The molecule has 1 aliphatic rings. The van der Waals surface area contributed by atoms with E-state index < -0.39 is 0 Å². The molecule has 0 spiro atoms. The van der Waals surface area contributed by atoms with E-state index in [0.717, 1.165) is 18.8 Å². The van der Waals surface area contributed by atoms with Gasteiger partial charge in [-0.25, -0.2) is 9.97 Å². The van der Waals surface area contributed by atoms with Crippen molar-refractivity contribution in [2.45, 2.75) is 19.3 Å². The molecule has 68 valence electrons. The molecule has 0 radical (unpaired) electrons. The Morgan fingerprint density at radius 1 is 1.38 bits per heavy atom. The van der Waals surface area contributed by atoms with Gasteiger partial charge in [0.25, 0.3) is 0 Å². The largest absolute Gasteiger partial charge is 0.331 e.